The maximum atomic E-state index is 12.4. The molecule has 1 aliphatic heterocycles. The van der Waals surface area contributed by atoms with E-state index in [1.54, 1.807) is 42.5 Å². The first-order valence-corrected chi connectivity index (χ1v) is 11.2. The number of thioether (sulfide) groups is 1. The lowest BCUT2D eigenvalue weighted by Gasteiger charge is -2.12. The monoisotopic (exact) mass is 510 g/mol. The zero-order valence-corrected chi connectivity index (χ0v) is 19.5. The van der Waals surface area contributed by atoms with E-state index in [1.807, 2.05) is 0 Å². The van der Waals surface area contributed by atoms with Gasteiger partial charge < -0.3 is 15.2 Å². The minimum Gasteiger partial charge on any atom is -0.484 e. The van der Waals surface area contributed by atoms with Crippen molar-refractivity contribution in [3.05, 3.63) is 63.0 Å². The molecule has 1 aliphatic rings. The quantitative estimate of drug-likeness (QED) is 0.392. The zero-order chi connectivity index (χ0) is 23.3. The first-order valence-electron chi connectivity index (χ1n) is 9.18. The molecule has 166 valence electrons. The highest BCUT2D eigenvalue weighted by Crippen LogP contribution is 2.33. The molecule has 3 rings (SSSR count). The van der Waals surface area contributed by atoms with Crippen LogP contribution in [0.1, 0.15) is 12.0 Å². The van der Waals surface area contributed by atoms with Gasteiger partial charge in [-0.2, -0.15) is 0 Å². The summed E-state index contributed by atoms with van der Waals surface area (Å²) in [4.78, 5) is 37.0. The largest absolute Gasteiger partial charge is 0.484 e. The fourth-order valence-electron chi connectivity index (χ4n) is 2.64. The summed E-state index contributed by atoms with van der Waals surface area (Å²) in [5.41, 5.74) is 1.16. The molecule has 0 radical (unpaired) electrons. The summed E-state index contributed by atoms with van der Waals surface area (Å²) < 4.78 is 5.81. The van der Waals surface area contributed by atoms with Gasteiger partial charge >= 0.3 is 5.97 Å². The van der Waals surface area contributed by atoms with Crippen LogP contribution in [0.3, 0.4) is 0 Å². The van der Waals surface area contributed by atoms with E-state index in [4.69, 9.17) is 45.3 Å². The number of halogens is 2. The molecule has 0 spiro atoms. The van der Waals surface area contributed by atoms with Crippen molar-refractivity contribution in [3.63, 3.8) is 0 Å². The zero-order valence-electron chi connectivity index (χ0n) is 16.3. The van der Waals surface area contributed by atoms with E-state index in [2.05, 4.69) is 5.32 Å². The van der Waals surface area contributed by atoms with Gasteiger partial charge in [0.2, 0.25) is 0 Å². The molecule has 1 heterocycles. The van der Waals surface area contributed by atoms with Crippen LogP contribution in [0, 0.1) is 0 Å². The Balaban J connectivity index is 1.56. The molecule has 1 saturated heterocycles. The average molecular weight is 511 g/mol. The van der Waals surface area contributed by atoms with E-state index in [0.717, 1.165) is 17.3 Å². The molecule has 0 atom stereocenters. The smallest absolute Gasteiger partial charge is 0.305 e. The Hall–Kier alpha value is -2.59. The van der Waals surface area contributed by atoms with E-state index < -0.39 is 5.97 Å². The molecule has 2 amide bonds. The van der Waals surface area contributed by atoms with Gasteiger partial charge in [0, 0.05) is 11.6 Å². The molecule has 0 unspecified atom stereocenters. The van der Waals surface area contributed by atoms with Crippen LogP contribution in [0.5, 0.6) is 5.75 Å². The van der Waals surface area contributed by atoms with Crippen LogP contribution in [-0.2, 0) is 14.4 Å². The first-order chi connectivity index (χ1) is 15.2. The van der Waals surface area contributed by atoms with Crippen LogP contribution < -0.4 is 10.1 Å². The number of ether oxygens (including phenoxy) is 1. The number of carboxylic acids is 1. The van der Waals surface area contributed by atoms with Crippen LogP contribution >= 0.6 is 47.2 Å². The number of carboxylic acid groups (broad SMARTS) is 1. The Bertz CT molecular complexity index is 1110. The first kappa shape index (κ1) is 24.1. The van der Waals surface area contributed by atoms with Crippen molar-refractivity contribution in [2.24, 2.45) is 0 Å². The number of hydrogen-bond acceptors (Lipinski definition) is 6. The maximum absolute atomic E-state index is 12.4. The van der Waals surface area contributed by atoms with Crippen LogP contribution in [0.4, 0.5) is 5.69 Å². The van der Waals surface area contributed by atoms with Gasteiger partial charge in [-0.1, -0.05) is 59.3 Å². The molecule has 2 N–H and O–H groups in total. The van der Waals surface area contributed by atoms with Crippen LogP contribution in [0.2, 0.25) is 10.0 Å². The number of hydrogen-bond donors (Lipinski definition) is 2. The average Bonchev–Trinajstić information content (AvgIpc) is 3.00. The van der Waals surface area contributed by atoms with Gasteiger partial charge in [-0.25, -0.2) is 0 Å². The number of rotatable bonds is 8. The molecule has 2 aromatic carbocycles. The third-order valence-electron chi connectivity index (χ3n) is 4.18. The van der Waals surface area contributed by atoms with E-state index in [0.29, 0.717) is 30.7 Å². The normalized spacial score (nSPS) is 14.7. The van der Waals surface area contributed by atoms with E-state index >= 15 is 0 Å². The number of amides is 2. The lowest BCUT2D eigenvalue weighted by Crippen LogP contribution is -2.30. The van der Waals surface area contributed by atoms with Gasteiger partial charge in [-0.15, -0.1) is 0 Å². The minimum atomic E-state index is -0.997. The van der Waals surface area contributed by atoms with Gasteiger partial charge in [-0.3, -0.25) is 19.3 Å². The van der Waals surface area contributed by atoms with Gasteiger partial charge in [0.25, 0.3) is 11.8 Å². The predicted octanol–water partition coefficient (Wildman–Crippen LogP) is 4.69. The lowest BCUT2D eigenvalue weighted by molar-refractivity contribution is -0.137. The molecule has 1 fully saturated rings. The second kappa shape index (κ2) is 10.8. The molecule has 32 heavy (non-hydrogen) atoms. The lowest BCUT2D eigenvalue weighted by atomic mass is 10.2. The van der Waals surface area contributed by atoms with E-state index in [1.165, 1.54) is 11.0 Å². The van der Waals surface area contributed by atoms with Crippen molar-refractivity contribution in [2.75, 3.05) is 18.5 Å². The maximum Gasteiger partial charge on any atom is 0.305 e. The minimum absolute atomic E-state index is 0.0351. The highest BCUT2D eigenvalue weighted by molar-refractivity contribution is 8.26. The number of anilines is 1. The number of carbonyl (C=O) groups excluding carboxylic acids is 2. The Morgan fingerprint density at radius 2 is 1.91 bits per heavy atom. The predicted molar refractivity (Wildman–Crippen MR) is 129 cm³/mol. The number of carbonyl (C=O) groups is 3. The van der Waals surface area contributed by atoms with E-state index in [9.17, 15) is 14.4 Å². The third kappa shape index (κ3) is 6.46. The SMILES string of the molecule is O=C(O)CCN1C(=O)/C(=C/c2ccc(OCC(=O)Nc3ccc(Cl)cc3Cl)cc2)SC1=S. The fraction of sp³-hybridized carbons (Fsp3) is 0.143. The number of benzene rings is 2. The number of nitrogens with zero attached hydrogens (tertiary/aromatic N) is 1. The molecule has 2 aromatic rings. The Kier molecular flexibility index (Phi) is 8.14. The molecular formula is C21H16Cl2N2O5S2. The molecule has 11 heteroatoms. The highest BCUT2D eigenvalue weighted by Gasteiger charge is 2.32. The Morgan fingerprint density at radius 3 is 2.56 bits per heavy atom. The highest BCUT2D eigenvalue weighted by atomic mass is 35.5. The number of nitrogens with one attached hydrogen (secondary N) is 1. The van der Waals surface area contributed by atoms with Crippen LogP contribution in [0.25, 0.3) is 6.08 Å². The fourth-order valence-corrected chi connectivity index (χ4v) is 4.40. The third-order valence-corrected chi connectivity index (χ3v) is 6.10. The Labute approximate surface area is 203 Å². The molecule has 0 aliphatic carbocycles. The van der Waals surface area contributed by atoms with Crippen molar-refractivity contribution in [1.82, 2.24) is 4.90 Å². The van der Waals surface area contributed by atoms with Gasteiger partial charge in [0.05, 0.1) is 22.0 Å². The van der Waals surface area contributed by atoms with Gasteiger partial charge in [0.15, 0.2) is 6.61 Å². The second-order valence-electron chi connectivity index (χ2n) is 6.51. The summed E-state index contributed by atoms with van der Waals surface area (Å²) >= 11 is 18.1. The molecule has 7 nitrogen and oxygen atoms in total. The van der Waals surface area contributed by atoms with Gasteiger partial charge in [-0.05, 0) is 42.0 Å². The van der Waals surface area contributed by atoms with Crippen LogP contribution in [0.15, 0.2) is 47.4 Å². The summed E-state index contributed by atoms with van der Waals surface area (Å²) in [7, 11) is 0. The molecule has 0 bridgehead atoms. The van der Waals surface area contributed by atoms with Gasteiger partial charge in [0.1, 0.15) is 10.1 Å². The van der Waals surface area contributed by atoms with Crippen LogP contribution in [-0.4, -0.2) is 45.3 Å². The summed E-state index contributed by atoms with van der Waals surface area (Å²) in [6, 6.07) is 11.5. The molecular weight excluding hydrogens is 495 g/mol. The number of aliphatic carboxylic acids is 1. The number of thiocarbonyl (C=S) groups is 1. The van der Waals surface area contributed by atoms with Crippen molar-refractivity contribution in [3.8, 4) is 5.75 Å². The molecule has 0 saturated carbocycles. The standard InChI is InChI=1S/C21H16Cl2N2O5S2/c22-13-3-6-16(15(23)10-13)24-18(26)11-30-14-4-1-12(2-5-14)9-17-20(29)25(21(31)32-17)8-7-19(27)28/h1-6,9-10H,7-8,11H2,(H,24,26)(H,27,28)/b17-9-. The summed E-state index contributed by atoms with van der Waals surface area (Å²) in [6.45, 7) is -0.187. The second-order valence-corrected chi connectivity index (χ2v) is 9.03. The summed E-state index contributed by atoms with van der Waals surface area (Å²) in [5, 5.41) is 12.2. The van der Waals surface area contributed by atoms with Crippen molar-refractivity contribution in [1.29, 1.82) is 0 Å². The summed E-state index contributed by atoms with van der Waals surface area (Å²) in [6.07, 6.45) is 1.49. The van der Waals surface area contributed by atoms with E-state index in [-0.39, 0.29) is 31.4 Å². The topological polar surface area (TPSA) is 95.9 Å². The van der Waals surface area contributed by atoms with Crippen molar-refractivity contribution in [2.45, 2.75) is 6.42 Å². The summed E-state index contributed by atoms with van der Waals surface area (Å²) in [5.74, 6) is -1.24. The molecule has 0 aromatic heterocycles. The van der Waals surface area contributed by atoms with Crippen molar-refractivity contribution < 1.29 is 24.2 Å². The Morgan fingerprint density at radius 1 is 1.19 bits per heavy atom. The van der Waals surface area contributed by atoms with Crippen molar-refractivity contribution >= 4 is 81.0 Å².